The van der Waals surface area contributed by atoms with Crippen LogP contribution in [0.25, 0.3) is 0 Å². The highest BCUT2D eigenvalue weighted by Crippen LogP contribution is 2.39. The number of Topliss-reactive ketones (excluding diaryl/α,β-unsaturated/α-hetero) is 3. The molecular weight excluding hydrogens is 432 g/mol. The van der Waals surface area contributed by atoms with Crippen molar-refractivity contribution >= 4 is 17.3 Å². The van der Waals surface area contributed by atoms with Gasteiger partial charge in [-0.1, -0.05) is 37.3 Å². The number of ketones is 3. The SMILES string of the molecule is C#CC#CC#CC(=O)CC(C)C1CCCCC1=O.C#CC#CC#CC1C=C(C)C2CCCC1C2=O.[HH].[HH].[HH].[HH]. The number of hydrogen-bond donors (Lipinski definition) is 0. The Hall–Kier alpha value is -3.89. The molecule has 0 N–H and O–H groups in total. The van der Waals surface area contributed by atoms with Crippen LogP contribution in [-0.4, -0.2) is 17.3 Å². The van der Waals surface area contributed by atoms with Crippen molar-refractivity contribution in [2.75, 3.05) is 0 Å². The monoisotopic (exact) mass is 470 g/mol. The molecule has 3 aliphatic carbocycles. The number of hydrogen-bond acceptors (Lipinski definition) is 3. The first-order valence-electron chi connectivity index (χ1n) is 12.1. The quantitative estimate of drug-likeness (QED) is 0.326. The zero-order valence-electron chi connectivity index (χ0n) is 20.5. The molecule has 3 nitrogen and oxygen atoms in total. The second-order valence-corrected chi connectivity index (χ2v) is 9.16. The molecule has 3 rings (SSSR count). The van der Waals surface area contributed by atoms with Crippen molar-refractivity contribution in [2.24, 2.45) is 29.6 Å². The Labute approximate surface area is 216 Å². The number of carbonyl (C=O) groups is 3. The first-order valence-corrected chi connectivity index (χ1v) is 12.1. The number of carbonyl (C=O) groups excluding carboxylic acids is 3. The zero-order chi connectivity index (χ0) is 25.6. The lowest BCUT2D eigenvalue weighted by Crippen LogP contribution is -2.36. The van der Waals surface area contributed by atoms with Gasteiger partial charge in [0.25, 0.3) is 0 Å². The number of rotatable bonds is 3. The summed E-state index contributed by atoms with van der Waals surface area (Å²) in [6.07, 6.45) is 19.1. The van der Waals surface area contributed by atoms with E-state index >= 15 is 0 Å². The fraction of sp³-hybridized carbons (Fsp3) is 0.469. The molecule has 0 aromatic heterocycles. The summed E-state index contributed by atoms with van der Waals surface area (Å²) < 4.78 is 0. The van der Waals surface area contributed by atoms with Gasteiger partial charge in [-0.2, -0.15) is 0 Å². The molecule has 0 heterocycles. The second kappa shape index (κ2) is 14.4. The molecule has 3 aliphatic rings. The zero-order valence-corrected chi connectivity index (χ0v) is 20.5. The van der Waals surface area contributed by atoms with Gasteiger partial charge in [0.15, 0.2) is 0 Å². The Morgan fingerprint density at radius 2 is 1.71 bits per heavy atom. The number of terminal acetylenes is 2. The van der Waals surface area contributed by atoms with Crippen LogP contribution in [0.1, 0.15) is 70.9 Å². The molecule has 2 fully saturated rings. The molecule has 5 atom stereocenters. The molecule has 0 amide bonds. The van der Waals surface area contributed by atoms with Crippen molar-refractivity contribution < 1.29 is 20.1 Å². The number of allylic oxidation sites excluding steroid dienone is 2. The summed E-state index contributed by atoms with van der Waals surface area (Å²) >= 11 is 0. The lowest BCUT2D eigenvalue weighted by Gasteiger charge is -2.35. The molecule has 184 valence electrons. The van der Waals surface area contributed by atoms with Crippen molar-refractivity contribution in [2.45, 2.75) is 65.2 Å². The molecule has 3 heteroatoms. The highest BCUT2D eigenvalue weighted by Gasteiger charge is 2.39. The van der Waals surface area contributed by atoms with E-state index in [4.69, 9.17) is 12.8 Å². The Kier molecular flexibility index (Phi) is 11.2. The van der Waals surface area contributed by atoms with Crippen molar-refractivity contribution in [3.63, 3.8) is 0 Å². The molecule has 0 spiro atoms. The smallest absolute Gasteiger partial charge is 0.206 e. The first kappa shape index (κ1) is 27.4. The van der Waals surface area contributed by atoms with Gasteiger partial charge in [-0.3, -0.25) is 14.4 Å². The van der Waals surface area contributed by atoms with Gasteiger partial charge in [0, 0.05) is 42.2 Å². The Morgan fingerprint density at radius 3 is 2.40 bits per heavy atom. The third kappa shape index (κ3) is 8.43. The summed E-state index contributed by atoms with van der Waals surface area (Å²) in [5.41, 5.74) is 1.18. The van der Waals surface area contributed by atoms with E-state index in [2.05, 4.69) is 65.3 Å². The van der Waals surface area contributed by atoms with E-state index in [0.29, 0.717) is 24.4 Å². The van der Waals surface area contributed by atoms with Gasteiger partial charge in [-0.25, -0.2) is 0 Å². The van der Waals surface area contributed by atoms with Crippen LogP contribution in [0.3, 0.4) is 0 Å². The van der Waals surface area contributed by atoms with Crippen molar-refractivity contribution in [3.8, 4) is 72.1 Å². The summed E-state index contributed by atoms with van der Waals surface area (Å²) in [4.78, 5) is 35.4. The highest BCUT2D eigenvalue weighted by molar-refractivity contribution is 5.96. The number of fused-ring (bicyclic) bond motifs is 2. The maximum Gasteiger partial charge on any atom is 0.206 e. The van der Waals surface area contributed by atoms with E-state index in [9.17, 15) is 14.4 Å². The predicted molar refractivity (Wildman–Crippen MR) is 146 cm³/mol. The van der Waals surface area contributed by atoms with Crippen LogP contribution in [-0.2, 0) is 14.4 Å². The fourth-order valence-corrected chi connectivity index (χ4v) is 5.00. The summed E-state index contributed by atoms with van der Waals surface area (Å²) in [5, 5.41) is 0. The molecule has 0 aromatic carbocycles. The molecule has 0 aliphatic heterocycles. The average molecular weight is 471 g/mol. The van der Waals surface area contributed by atoms with Gasteiger partial charge < -0.3 is 0 Å². The third-order valence-electron chi connectivity index (χ3n) is 6.77. The maximum absolute atomic E-state index is 12.1. The van der Waals surface area contributed by atoms with Crippen LogP contribution >= 0.6 is 0 Å². The van der Waals surface area contributed by atoms with Crippen LogP contribution in [0.5, 0.6) is 0 Å². The van der Waals surface area contributed by atoms with Crippen molar-refractivity contribution in [3.05, 3.63) is 11.6 Å². The van der Waals surface area contributed by atoms with Gasteiger partial charge in [0.05, 0.1) is 0 Å². The van der Waals surface area contributed by atoms with E-state index in [1.165, 1.54) is 5.57 Å². The normalized spacial score (nSPS) is 24.6. The first-order chi connectivity index (χ1) is 16.9. The van der Waals surface area contributed by atoms with Crippen LogP contribution in [0, 0.1) is 102 Å². The van der Waals surface area contributed by atoms with Gasteiger partial charge in [-0.15, -0.1) is 12.8 Å². The minimum atomic E-state index is -0.174. The second-order valence-electron chi connectivity index (χ2n) is 9.16. The minimum absolute atomic E-state index is 0. The standard InChI is InChI=1S/C16H16O2.C16H14O.4H2/c1-3-4-5-6-9-14(17)12-13(2)15-10-7-8-11-16(15)18;1-3-4-5-6-8-13-11-12(2)14-9-7-10-15(13)16(14)17;;;;/h1,13,15H,7-8,10-12H2,2H3;1,11,13-15H,7,9-10H2,2H3;4*1H. The van der Waals surface area contributed by atoms with Gasteiger partial charge in [-0.05, 0) is 91.8 Å². The molecule has 2 saturated carbocycles. The Morgan fingerprint density at radius 1 is 1.00 bits per heavy atom. The van der Waals surface area contributed by atoms with E-state index in [1.54, 1.807) is 0 Å². The summed E-state index contributed by atoms with van der Waals surface area (Å²) in [7, 11) is 0. The van der Waals surface area contributed by atoms with Crippen LogP contribution in [0.15, 0.2) is 11.6 Å². The summed E-state index contributed by atoms with van der Waals surface area (Å²) in [6.45, 7) is 3.98. The highest BCUT2D eigenvalue weighted by atomic mass is 16.1. The molecule has 0 saturated heterocycles. The van der Waals surface area contributed by atoms with Gasteiger partial charge in [0.2, 0.25) is 5.78 Å². The van der Waals surface area contributed by atoms with Gasteiger partial charge >= 0.3 is 0 Å². The molecule has 35 heavy (non-hydrogen) atoms. The lowest BCUT2D eigenvalue weighted by atomic mass is 9.67. The Bertz CT molecular complexity index is 1220. The maximum atomic E-state index is 12.1. The summed E-state index contributed by atoms with van der Waals surface area (Å²) in [5.74, 6) is 25.6. The predicted octanol–water partition coefficient (Wildman–Crippen LogP) is 5.15. The summed E-state index contributed by atoms with van der Waals surface area (Å²) in [6, 6.07) is 0. The van der Waals surface area contributed by atoms with Crippen LogP contribution in [0.2, 0.25) is 0 Å². The topological polar surface area (TPSA) is 51.2 Å². The van der Waals surface area contributed by atoms with Crippen LogP contribution < -0.4 is 0 Å². The Balaban J connectivity index is -0.000000603. The lowest BCUT2D eigenvalue weighted by molar-refractivity contribution is -0.129. The third-order valence-corrected chi connectivity index (χ3v) is 6.77. The molecule has 0 radical (unpaired) electrons. The molecule has 0 aromatic rings. The van der Waals surface area contributed by atoms with E-state index in [1.807, 2.05) is 13.8 Å². The largest absolute Gasteiger partial charge is 0.299 e. The van der Waals surface area contributed by atoms with E-state index in [-0.39, 0.29) is 41.1 Å². The van der Waals surface area contributed by atoms with E-state index < -0.39 is 0 Å². The molecular formula is C32H38O3. The van der Waals surface area contributed by atoms with Crippen molar-refractivity contribution in [1.29, 1.82) is 0 Å². The van der Waals surface area contributed by atoms with Crippen LogP contribution in [0.4, 0.5) is 0 Å². The van der Waals surface area contributed by atoms with Crippen molar-refractivity contribution in [1.82, 2.24) is 0 Å². The van der Waals surface area contributed by atoms with E-state index in [0.717, 1.165) is 38.5 Å². The molecule has 2 bridgehead atoms. The fourth-order valence-electron chi connectivity index (χ4n) is 5.00. The average Bonchev–Trinajstić information content (AvgIpc) is 2.83. The van der Waals surface area contributed by atoms with Gasteiger partial charge in [0.1, 0.15) is 11.6 Å². The minimum Gasteiger partial charge on any atom is -0.299 e. The molecule has 5 unspecified atom stereocenters.